The molecule has 0 amide bonds. The minimum absolute atomic E-state index is 0.268. The molecule has 0 unspecified atom stereocenters. The molecule has 88 valence electrons. The van der Waals surface area contributed by atoms with E-state index in [0.29, 0.717) is 0 Å². The molecule has 0 saturated heterocycles. The van der Waals surface area contributed by atoms with Gasteiger partial charge >= 0.3 is 0 Å². The minimum atomic E-state index is 0.268. The first-order chi connectivity index (χ1) is 8.75. The van der Waals surface area contributed by atoms with E-state index in [-0.39, 0.29) is 5.75 Å². The zero-order chi connectivity index (χ0) is 12.5. The Labute approximate surface area is 105 Å². The van der Waals surface area contributed by atoms with Gasteiger partial charge in [-0.2, -0.15) is 0 Å². The predicted molar refractivity (Wildman–Crippen MR) is 71.4 cm³/mol. The predicted octanol–water partition coefficient (Wildman–Crippen LogP) is 3.31. The van der Waals surface area contributed by atoms with Gasteiger partial charge in [0.2, 0.25) is 0 Å². The largest absolute Gasteiger partial charge is 0.508 e. The van der Waals surface area contributed by atoms with Crippen LogP contribution < -0.4 is 0 Å². The highest BCUT2D eigenvalue weighted by Gasteiger charge is 2.06. The van der Waals surface area contributed by atoms with Crippen molar-refractivity contribution in [3.63, 3.8) is 0 Å². The van der Waals surface area contributed by atoms with E-state index in [0.717, 1.165) is 27.7 Å². The van der Waals surface area contributed by atoms with Gasteiger partial charge in [-0.25, -0.2) is 9.97 Å². The molecule has 1 N–H and O–H groups in total. The number of rotatable bonds is 1. The third-order valence-corrected chi connectivity index (χ3v) is 3.04. The van der Waals surface area contributed by atoms with Gasteiger partial charge in [0.05, 0.1) is 5.52 Å². The van der Waals surface area contributed by atoms with Crippen LogP contribution in [0.5, 0.6) is 5.75 Å². The maximum absolute atomic E-state index is 9.34. The number of fused-ring (bicyclic) bond motifs is 1. The lowest BCUT2D eigenvalue weighted by molar-refractivity contribution is 0.475. The summed E-state index contributed by atoms with van der Waals surface area (Å²) in [7, 11) is 0. The van der Waals surface area contributed by atoms with Gasteiger partial charge in [0.1, 0.15) is 12.1 Å². The van der Waals surface area contributed by atoms with E-state index >= 15 is 0 Å². The summed E-state index contributed by atoms with van der Waals surface area (Å²) in [6.07, 6.45) is 1.58. The number of hydrogen-bond donors (Lipinski definition) is 1. The fourth-order valence-corrected chi connectivity index (χ4v) is 2.09. The molecule has 1 heterocycles. The minimum Gasteiger partial charge on any atom is -0.508 e. The lowest BCUT2D eigenvalue weighted by atomic mass is 10.0. The van der Waals surface area contributed by atoms with Crippen LogP contribution in [-0.2, 0) is 0 Å². The van der Waals surface area contributed by atoms with Crippen molar-refractivity contribution in [2.24, 2.45) is 0 Å². The molecule has 18 heavy (non-hydrogen) atoms. The topological polar surface area (TPSA) is 46.0 Å². The second-order valence-electron chi connectivity index (χ2n) is 4.21. The summed E-state index contributed by atoms with van der Waals surface area (Å²) in [6.45, 7) is 1.98. The molecular weight excluding hydrogens is 224 g/mol. The number of aromatic hydroxyl groups is 1. The molecular formula is C15H12N2O. The molecule has 0 atom stereocenters. The first-order valence-electron chi connectivity index (χ1n) is 5.75. The van der Waals surface area contributed by atoms with E-state index in [2.05, 4.69) is 9.97 Å². The number of nitrogens with zero attached hydrogens (tertiary/aromatic N) is 2. The van der Waals surface area contributed by atoms with E-state index in [1.807, 2.05) is 37.3 Å². The van der Waals surface area contributed by atoms with Crippen LogP contribution >= 0.6 is 0 Å². The third kappa shape index (κ3) is 1.70. The molecule has 3 aromatic rings. The molecule has 0 saturated carbocycles. The Hall–Kier alpha value is -2.42. The van der Waals surface area contributed by atoms with E-state index in [4.69, 9.17) is 0 Å². The smallest absolute Gasteiger partial charge is 0.116 e. The number of hydrogen-bond acceptors (Lipinski definition) is 3. The van der Waals surface area contributed by atoms with Crippen LogP contribution in [0.15, 0.2) is 48.8 Å². The lowest BCUT2D eigenvalue weighted by Gasteiger charge is -2.07. The van der Waals surface area contributed by atoms with Crippen LogP contribution in [0, 0.1) is 6.92 Å². The van der Waals surface area contributed by atoms with Gasteiger partial charge in [-0.3, -0.25) is 0 Å². The second-order valence-corrected chi connectivity index (χ2v) is 4.21. The fourth-order valence-electron chi connectivity index (χ4n) is 2.09. The number of para-hydroxylation sites is 1. The van der Waals surface area contributed by atoms with Crippen molar-refractivity contribution in [2.75, 3.05) is 0 Å². The van der Waals surface area contributed by atoms with Gasteiger partial charge in [0, 0.05) is 16.6 Å². The monoisotopic (exact) mass is 236 g/mol. The number of phenolic OH excluding ortho intramolecular Hbond substituents is 1. The normalized spacial score (nSPS) is 10.7. The molecule has 3 rings (SSSR count). The van der Waals surface area contributed by atoms with E-state index in [9.17, 15) is 5.11 Å². The molecule has 0 aliphatic rings. The van der Waals surface area contributed by atoms with Crippen molar-refractivity contribution in [3.05, 3.63) is 54.5 Å². The van der Waals surface area contributed by atoms with Gasteiger partial charge < -0.3 is 5.11 Å². The summed E-state index contributed by atoms with van der Waals surface area (Å²) in [5, 5.41) is 10.4. The van der Waals surface area contributed by atoms with Crippen molar-refractivity contribution < 1.29 is 5.11 Å². The van der Waals surface area contributed by atoms with Crippen molar-refractivity contribution in [1.29, 1.82) is 0 Å². The Balaban J connectivity index is 2.29. The highest BCUT2D eigenvalue weighted by molar-refractivity contribution is 5.94. The standard InChI is InChI=1S/C15H12N2O/c1-10-13-3-2-4-14(15(13)17-9-16-10)11-5-7-12(18)8-6-11/h2-9,18H,1H3. The van der Waals surface area contributed by atoms with Crippen LogP contribution in [0.3, 0.4) is 0 Å². The second kappa shape index (κ2) is 4.11. The Bertz CT molecular complexity index is 705. The van der Waals surface area contributed by atoms with Gasteiger partial charge in [-0.05, 0) is 24.6 Å². The zero-order valence-corrected chi connectivity index (χ0v) is 9.96. The Morgan fingerprint density at radius 1 is 0.944 bits per heavy atom. The van der Waals surface area contributed by atoms with Crippen LogP contribution in [-0.4, -0.2) is 15.1 Å². The molecule has 2 aromatic carbocycles. The van der Waals surface area contributed by atoms with Gasteiger partial charge in [0.25, 0.3) is 0 Å². The van der Waals surface area contributed by atoms with Crippen LogP contribution in [0.25, 0.3) is 22.0 Å². The highest BCUT2D eigenvalue weighted by atomic mass is 16.3. The van der Waals surface area contributed by atoms with Gasteiger partial charge in [0.15, 0.2) is 0 Å². The third-order valence-electron chi connectivity index (χ3n) is 3.04. The molecule has 0 radical (unpaired) electrons. The molecule has 1 aromatic heterocycles. The van der Waals surface area contributed by atoms with Gasteiger partial charge in [-0.1, -0.05) is 30.3 Å². The Morgan fingerprint density at radius 2 is 1.72 bits per heavy atom. The first-order valence-corrected chi connectivity index (χ1v) is 5.75. The van der Waals surface area contributed by atoms with Crippen molar-refractivity contribution in [1.82, 2.24) is 9.97 Å². The van der Waals surface area contributed by atoms with Crippen LogP contribution in [0.1, 0.15) is 5.69 Å². The maximum Gasteiger partial charge on any atom is 0.116 e. The molecule has 0 bridgehead atoms. The molecule has 3 heteroatoms. The molecule has 0 aliphatic carbocycles. The Kier molecular flexibility index (Phi) is 2.45. The number of benzene rings is 2. The summed E-state index contributed by atoms with van der Waals surface area (Å²) in [6, 6.07) is 13.2. The SMILES string of the molecule is Cc1ncnc2c(-c3ccc(O)cc3)cccc12. The molecule has 0 fully saturated rings. The highest BCUT2D eigenvalue weighted by Crippen LogP contribution is 2.28. The van der Waals surface area contributed by atoms with E-state index in [1.165, 1.54) is 0 Å². The summed E-state index contributed by atoms with van der Waals surface area (Å²) >= 11 is 0. The van der Waals surface area contributed by atoms with Crippen molar-refractivity contribution >= 4 is 10.9 Å². The van der Waals surface area contributed by atoms with Crippen LogP contribution in [0.4, 0.5) is 0 Å². The van der Waals surface area contributed by atoms with Crippen LogP contribution in [0.2, 0.25) is 0 Å². The van der Waals surface area contributed by atoms with E-state index < -0.39 is 0 Å². The zero-order valence-electron chi connectivity index (χ0n) is 9.96. The average Bonchev–Trinajstić information content (AvgIpc) is 2.40. The molecule has 0 spiro atoms. The number of phenols is 1. The maximum atomic E-state index is 9.34. The number of aryl methyl sites for hydroxylation is 1. The quantitative estimate of drug-likeness (QED) is 0.705. The molecule has 3 nitrogen and oxygen atoms in total. The average molecular weight is 236 g/mol. The number of aromatic nitrogens is 2. The van der Waals surface area contributed by atoms with Crippen molar-refractivity contribution in [2.45, 2.75) is 6.92 Å². The summed E-state index contributed by atoms with van der Waals surface area (Å²) in [4.78, 5) is 8.57. The first kappa shape index (κ1) is 10.7. The van der Waals surface area contributed by atoms with E-state index in [1.54, 1.807) is 18.5 Å². The summed E-state index contributed by atoms with van der Waals surface area (Å²) in [5.41, 5.74) is 4.01. The summed E-state index contributed by atoms with van der Waals surface area (Å²) < 4.78 is 0. The summed E-state index contributed by atoms with van der Waals surface area (Å²) in [5.74, 6) is 0.268. The lowest BCUT2D eigenvalue weighted by Crippen LogP contribution is -1.89. The Morgan fingerprint density at radius 3 is 2.50 bits per heavy atom. The fraction of sp³-hybridized carbons (Fsp3) is 0.0667. The van der Waals surface area contributed by atoms with Gasteiger partial charge in [-0.15, -0.1) is 0 Å². The van der Waals surface area contributed by atoms with Crippen molar-refractivity contribution in [3.8, 4) is 16.9 Å². The molecule has 0 aliphatic heterocycles.